The SMILES string of the molecule is Cn1cc(Nc2nccc(NCC3CCCN3C(=O)CC#N)n2)cn1. The fourth-order valence-electron chi connectivity index (χ4n) is 2.90. The molecule has 0 spiro atoms. The molecule has 1 saturated heterocycles. The molecule has 0 radical (unpaired) electrons. The van der Waals surface area contributed by atoms with Crippen LogP contribution in [0.3, 0.4) is 0 Å². The molecule has 1 amide bonds. The summed E-state index contributed by atoms with van der Waals surface area (Å²) in [6.07, 6.45) is 7.02. The second-order valence-electron chi connectivity index (χ2n) is 5.89. The lowest BCUT2D eigenvalue weighted by molar-refractivity contribution is -0.130. The zero-order chi connectivity index (χ0) is 17.6. The molecule has 1 atom stereocenters. The molecule has 130 valence electrons. The molecule has 2 aromatic rings. The number of aryl methyl sites for hydroxylation is 1. The van der Waals surface area contributed by atoms with Crippen molar-refractivity contribution in [2.45, 2.75) is 25.3 Å². The van der Waals surface area contributed by atoms with Crippen molar-refractivity contribution >= 4 is 23.4 Å². The normalized spacial score (nSPS) is 16.5. The molecule has 3 rings (SSSR count). The molecule has 1 aliphatic heterocycles. The van der Waals surface area contributed by atoms with Crippen molar-refractivity contribution in [1.82, 2.24) is 24.6 Å². The zero-order valence-electron chi connectivity index (χ0n) is 14.0. The number of nitrogens with one attached hydrogen (secondary N) is 2. The minimum absolute atomic E-state index is 0.0663. The van der Waals surface area contributed by atoms with E-state index in [4.69, 9.17) is 5.26 Å². The fraction of sp³-hybridized carbons (Fsp3) is 0.438. The van der Waals surface area contributed by atoms with Crippen LogP contribution in [-0.2, 0) is 11.8 Å². The van der Waals surface area contributed by atoms with Crippen molar-refractivity contribution < 1.29 is 4.79 Å². The molecular formula is C16H20N8O. The number of anilines is 3. The van der Waals surface area contributed by atoms with Gasteiger partial charge in [0.25, 0.3) is 0 Å². The first-order chi connectivity index (χ1) is 12.2. The fourth-order valence-corrected chi connectivity index (χ4v) is 2.90. The first-order valence-corrected chi connectivity index (χ1v) is 8.14. The maximum absolute atomic E-state index is 12.0. The Morgan fingerprint density at radius 2 is 2.40 bits per heavy atom. The Kier molecular flexibility index (Phi) is 5.09. The smallest absolute Gasteiger partial charge is 0.237 e. The van der Waals surface area contributed by atoms with Crippen LogP contribution < -0.4 is 10.6 Å². The first-order valence-electron chi connectivity index (χ1n) is 8.14. The molecule has 0 aromatic carbocycles. The first kappa shape index (κ1) is 16.7. The Hall–Kier alpha value is -3.15. The highest BCUT2D eigenvalue weighted by Crippen LogP contribution is 2.19. The van der Waals surface area contributed by atoms with E-state index in [1.54, 1.807) is 28.0 Å². The summed E-state index contributed by atoms with van der Waals surface area (Å²) in [7, 11) is 1.84. The predicted molar refractivity (Wildman–Crippen MR) is 92.0 cm³/mol. The van der Waals surface area contributed by atoms with Gasteiger partial charge >= 0.3 is 0 Å². The van der Waals surface area contributed by atoms with Gasteiger partial charge in [0.15, 0.2) is 0 Å². The van der Waals surface area contributed by atoms with Gasteiger partial charge in [0.05, 0.1) is 18.0 Å². The maximum Gasteiger partial charge on any atom is 0.237 e. The number of hydrogen-bond donors (Lipinski definition) is 2. The third-order valence-electron chi connectivity index (χ3n) is 4.06. The molecule has 2 aromatic heterocycles. The van der Waals surface area contributed by atoms with Crippen LogP contribution in [-0.4, -0.2) is 49.7 Å². The number of nitriles is 1. The van der Waals surface area contributed by atoms with E-state index < -0.39 is 0 Å². The summed E-state index contributed by atoms with van der Waals surface area (Å²) < 4.78 is 1.69. The number of likely N-dealkylation sites (tertiary alicyclic amines) is 1. The number of rotatable bonds is 6. The summed E-state index contributed by atoms with van der Waals surface area (Å²) in [4.78, 5) is 22.4. The highest BCUT2D eigenvalue weighted by atomic mass is 16.2. The lowest BCUT2D eigenvalue weighted by Gasteiger charge is -2.24. The van der Waals surface area contributed by atoms with Gasteiger partial charge in [-0.25, -0.2) is 4.98 Å². The van der Waals surface area contributed by atoms with Crippen molar-refractivity contribution in [3.8, 4) is 6.07 Å². The number of carbonyl (C=O) groups is 1. The summed E-state index contributed by atoms with van der Waals surface area (Å²) in [5.41, 5.74) is 0.809. The lowest BCUT2D eigenvalue weighted by Crippen LogP contribution is -2.39. The van der Waals surface area contributed by atoms with Crippen molar-refractivity contribution in [3.63, 3.8) is 0 Å². The minimum atomic E-state index is -0.103. The average Bonchev–Trinajstić information content (AvgIpc) is 3.22. The molecule has 25 heavy (non-hydrogen) atoms. The minimum Gasteiger partial charge on any atom is -0.368 e. The van der Waals surface area contributed by atoms with Crippen LogP contribution >= 0.6 is 0 Å². The summed E-state index contributed by atoms with van der Waals surface area (Å²) in [5.74, 6) is 1.05. The van der Waals surface area contributed by atoms with Crippen molar-refractivity contribution in [2.75, 3.05) is 23.7 Å². The monoisotopic (exact) mass is 340 g/mol. The van der Waals surface area contributed by atoms with E-state index in [9.17, 15) is 4.79 Å². The van der Waals surface area contributed by atoms with E-state index in [1.807, 2.05) is 19.3 Å². The van der Waals surface area contributed by atoms with Gasteiger partial charge in [-0.3, -0.25) is 9.48 Å². The molecule has 1 fully saturated rings. The molecule has 1 aliphatic rings. The van der Waals surface area contributed by atoms with Gasteiger partial charge in [0.2, 0.25) is 11.9 Å². The molecule has 2 N–H and O–H groups in total. The Morgan fingerprint density at radius 3 is 3.16 bits per heavy atom. The van der Waals surface area contributed by atoms with E-state index in [0.29, 0.717) is 24.9 Å². The van der Waals surface area contributed by atoms with Gasteiger partial charge < -0.3 is 15.5 Å². The van der Waals surface area contributed by atoms with Crippen LogP contribution in [0.2, 0.25) is 0 Å². The standard InChI is InChI=1S/C16H20N8O/c1-23-11-12(9-20-23)21-16-18-7-5-14(22-16)19-10-13-3-2-8-24(13)15(25)4-6-17/h5,7,9,11,13H,2-4,8,10H2,1H3,(H2,18,19,21,22). The second-order valence-corrected chi connectivity index (χ2v) is 5.89. The molecule has 1 unspecified atom stereocenters. The molecule has 0 aliphatic carbocycles. The summed E-state index contributed by atoms with van der Waals surface area (Å²) in [6, 6.07) is 3.79. The molecule has 3 heterocycles. The molecule has 0 bridgehead atoms. The number of carbonyl (C=O) groups excluding carboxylic acids is 1. The Balaban J connectivity index is 1.59. The number of aromatic nitrogens is 4. The second kappa shape index (κ2) is 7.61. The number of hydrogen-bond acceptors (Lipinski definition) is 7. The van der Waals surface area contributed by atoms with Crippen LogP contribution in [0.4, 0.5) is 17.5 Å². The molecule has 0 saturated carbocycles. The van der Waals surface area contributed by atoms with Crippen LogP contribution in [0.15, 0.2) is 24.7 Å². The third kappa shape index (κ3) is 4.23. The van der Waals surface area contributed by atoms with Crippen LogP contribution in [0.5, 0.6) is 0 Å². The van der Waals surface area contributed by atoms with Crippen molar-refractivity contribution in [1.29, 1.82) is 5.26 Å². The third-order valence-corrected chi connectivity index (χ3v) is 4.06. The zero-order valence-corrected chi connectivity index (χ0v) is 14.0. The van der Waals surface area contributed by atoms with E-state index in [1.165, 1.54) is 0 Å². The predicted octanol–water partition coefficient (Wildman–Crippen LogP) is 1.27. The Bertz CT molecular complexity index is 780. The van der Waals surface area contributed by atoms with Crippen molar-refractivity contribution in [2.24, 2.45) is 7.05 Å². The Labute approximate surface area is 145 Å². The van der Waals surface area contributed by atoms with E-state index in [0.717, 1.165) is 18.5 Å². The van der Waals surface area contributed by atoms with E-state index in [2.05, 4.69) is 25.7 Å². The van der Waals surface area contributed by atoms with Gasteiger partial charge in [-0.15, -0.1) is 0 Å². The summed E-state index contributed by atoms with van der Waals surface area (Å²) >= 11 is 0. The largest absolute Gasteiger partial charge is 0.368 e. The van der Waals surface area contributed by atoms with Gasteiger partial charge in [-0.05, 0) is 18.9 Å². The van der Waals surface area contributed by atoms with Gasteiger partial charge in [-0.1, -0.05) is 0 Å². The summed E-state index contributed by atoms with van der Waals surface area (Å²) in [5, 5.41) is 19.1. The van der Waals surface area contributed by atoms with E-state index >= 15 is 0 Å². The van der Waals surface area contributed by atoms with Crippen molar-refractivity contribution in [3.05, 3.63) is 24.7 Å². The molecule has 9 nitrogen and oxygen atoms in total. The van der Waals surface area contributed by atoms with Crippen LogP contribution in [0.1, 0.15) is 19.3 Å². The number of amides is 1. The number of nitrogens with zero attached hydrogens (tertiary/aromatic N) is 6. The quantitative estimate of drug-likeness (QED) is 0.814. The van der Waals surface area contributed by atoms with E-state index in [-0.39, 0.29) is 18.4 Å². The Morgan fingerprint density at radius 1 is 1.52 bits per heavy atom. The van der Waals surface area contributed by atoms with Crippen LogP contribution in [0, 0.1) is 11.3 Å². The van der Waals surface area contributed by atoms with Gasteiger partial charge in [0.1, 0.15) is 12.2 Å². The average molecular weight is 340 g/mol. The topological polar surface area (TPSA) is 112 Å². The molecular weight excluding hydrogens is 320 g/mol. The molecule has 9 heteroatoms. The summed E-state index contributed by atoms with van der Waals surface area (Å²) in [6.45, 7) is 1.31. The van der Waals surface area contributed by atoms with Gasteiger partial charge in [-0.2, -0.15) is 15.3 Å². The van der Waals surface area contributed by atoms with Gasteiger partial charge in [0, 0.05) is 38.6 Å². The van der Waals surface area contributed by atoms with Crippen LogP contribution in [0.25, 0.3) is 0 Å². The highest BCUT2D eigenvalue weighted by Gasteiger charge is 2.28. The lowest BCUT2D eigenvalue weighted by atomic mass is 10.2. The highest BCUT2D eigenvalue weighted by molar-refractivity contribution is 5.78. The maximum atomic E-state index is 12.0.